The van der Waals surface area contributed by atoms with Crippen molar-refractivity contribution >= 4 is 0 Å². The molecule has 0 bridgehead atoms. The van der Waals surface area contributed by atoms with Crippen LogP contribution in [0.2, 0.25) is 0 Å². The number of nitrogens with one attached hydrogen (secondary N) is 2. The summed E-state index contributed by atoms with van der Waals surface area (Å²) in [5.41, 5.74) is 0. The van der Waals surface area contributed by atoms with Crippen LogP contribution in [0.5, 0.6) is 0 Å². The van der Waals surface area contributed by atoms with Crippen molar-refractivity contribution in [2.75, 3.05) is 19.6 Å². The second-order valence-corrected chi connectivity index (χ2v) is 4.39. The van der Waals surface area contributed by atoms with Crippen molar-refractivity contribution in [1.29, 1.82) is 0 Å². The highest BCUT2D eigenvalue weighted by atomic mass is 16.3. The summed E-state index contributed by atoms with van der Waals surface area (Å²) < 4.78 is 0. The first-order valence-corrected chi connectivity index (χ1v) is 5.63. The molecule has 1 aliphatic carbocycles. The molecule has 0 aromatic carbocycles. The highest BCUT2D eigenvalue weighted by Crippen LogP contribution is 2.17. The normalized spacial score (nSPS) is 37.6. The van der Waals surface area contributed by atoms with Gasteiger partial charge in [-0.1, -0.05) is 12.2 Å². The Bertz CT molecular complexity index is 205. The van der Waals surface area contributed by atoms with E-state index in [1.165, 1.54) is 19.3 Å². The third-order valence-electron chi connectivity index (χ3n) is 3.23. The molecule has 3 heteroatoms. The topological polar surface area (TPSA) is 44.3 Å². The van der Waals surface area contributed by atoms with Crippen LogP contribution >= 0.6 is 0 Å². The Kier molecular flexibility index (Phi) is 3.56. The molecule has 1 aliphatic heterocycles. The first-order chi connectivity index (χ1) is 6.86. The van der Waals surface area contributed by atoms with Crippen molar-refractivity contribution in [2.24, 2.45) is 5.92 Å². The molecule has 1 heterocycles. The highest BCUT2D eigenvalue weighted by Gasteiger charge is 2.24. The molecule has 1 fully saturated rings. The van der Waals surface area contributed by atoms with E-state index >= 15 is 0 Å². The van der Waals surface area contributed by atoms with Crippen LogP contribution in [0, 0.1) is 5.92 Å². The van der Waals surface area contributed by atoms with Gasteiger partial charge in [0.2, 0.25) is 0 Å². The summed E-state index contributed by atoms with van der Waals surface area (Å²) in [6.45, 7) is 2.69. The maximum Gasteiger partial charge on any atom is 0.0829 e. The van der Waals surface area contributed by atoms with Gasteiger partial charge < -0.3 is 15.7 Å². The van der Waals surface area contributed by atoms with Crippen molar-refractivity contribution in [3.05, 3.63) is 12.2 Å². The van der Waals surface area contributed by atoms with Gasteiger partial charge in [0, 0.05) is 19.1 Å². The van der Waals surface area contributed by atoms with Gasteiger partial charge in [-0.2, -0.15) is 0 Å². The Morgan fingerprint density at radius 3 is 2.93 bits per heavy atom. The summed E-state index contributed by atoms with van der Waals surface area (Å²) >= 11 is 0. The minimum Gasteiger partial charge on any atom is -0.390 e. The van der Waals surface area contributed by atoms with E-state index in [2.05, 4.69) is 22.8 Å². The lowest BCUT2D eigenvalue weighted by Crippen LogP contribution is -2.41. The van der Waals surface area contributed by atoms with Crippen LogP contribution in [-0.4, -0.2) is 36.9 Å². The molecule has 0 radical (unpaired) electrons. The van der Waals surface area contributed by atoms with E-state index < -0.39 is 0 Å². The van der Waals surface area contributed by atoms with Crippen LogP contribution in [0.4, 0.5) is 0 Å². The molecule has 2 rings (SSSR count). The molecular formula is C11H20N2O. The van der Waals surface area contributed by atoms with Gasteiger partial charge in [-0.3, -0.25) is 0 Å². The second-order valence-electron chi connectivity index (χ2n) is 4.39. The quantitative estimate of drug-likeness (QED) is 0.568. The highest BCUT2D eigenvalue weighted by molar-refractivity contribution is 4.92. The van der Waals surface area contributed by atoms with Crippen molar-refractivity contribution < 1.29 is 5.11 Å². The molecule has 0 amide bonds. The van der Waals surface area contributed by atoms with Gasteiger partial charge in [-0.25, -0.2) is 0 Å². The van der Waals surface area contributed by atoms with Crippen molar-refractivity contribution in [3.63, 3.8) is 0 Å². The lowest BCUT2D eigenvalue weighted by molar-refractivity contribution is 0.160. The van der Waals surface area contributed by atoms with E-state index in [0.717, 1.165) is 25.6 Å². The summed E-state index contributed by atoms with van der Waals surface area (Å²) in [5, 5.41) is 16.2. The Morgan fingerprint density at radius 1 is 1.36 bits per heavy atom. The number of rotatable bonds is 3. The largest absolute Gasteiger partial charge is 0.390 e. The van der Waals surface area contributed by atoms with E-state index in [9.17, 15) is 5.11 Å². The third-order valence-corrected chi connectivity index (χ3v) is 3.23. The van der Waals surface area contributed by atoms with Crippen LogP contribution < -0.4 is 10.6 Å². The minimum absolute atomic E-state index is 0.200. The average molecular weight is 196 g/mol. The van der Waals surface area contributed by atoms with Crippen molar-refractivity contribution in [1.82, 2.24) is 10.6 Å². The predicted octanol–water partition coefficient (Wildman–Crippen LogP) is 0.265. The van der Waals surface area contributed by atoms with Gasteiger partial charge in [0.15, 0.2) is 0 Å². The summed E-state index contributed by atoms with van der Waals surface area (Å²) in [6.07, 6.45) is 8.05. The summed E-state index contributed by atoms with van der Waals surface area (Å²) in [5.74, 6) is 0.771. The molecule has 3 atom stereocenters. The number of β-amino-alcohol motifs (C(OH)–C–C–N with tert-alkyl or cyclic N) is 1. The van der Waals surface area contributed by atoms with Gasteiger partial charge in [-0.15, -0.1) is 0 Å². The number of hydrogen-bond donors (Lipinski definition) is 3. The zero-order chi connectivity index (χ0) is 9.80. The fraction of sp³-hybridized carbons (Fsp3) is 0.818. The fourth-order valence-corrected chi connectivity index (χ4v) is 2.23. The van der Waals surface area contributed by atoms with Crippen molar-refractivity contribution in [2.45, 2.75) is 31.4 Å². The zero-order valence-electron chi connectivity index (χ0n) is 8.58. The van der Waals surface area contributed by atoms with E-state index in [0.29, 0.717) is 0 Å². The molecule has 0 aromatic heterocycles. The first-order valence-electron chi connectivity index (χ1n) is 5.63. The summed E-state index contributed by atoms with van der Waals surface area (Å²) in [4.78, 5) is 0. The van der Waals surface area contributed by atoms with Crippen molar-refractivity contribution in [3.8, 4) is 0 Å². The molecule has 0 aromatic rings. The Morgan fingerprint density at radius 2 is 2.29 bits per heavy atom. The van der Waals surface area contributed by atoms with Gasteiger partial charge in [0.25, 0.3) is 0 Å². The monoisotopic (exact) mass is 196 g/mol. The Hall–Kier alpha value is -0.380. The molecule has 14 heavy (non-hydrogen) atoms. The Labute approximate surface area is 85.6 Å². The maximum absolute atomic E-state index is 9.58. The van der Waals surface area contributed by atoms with Crippen LogP contribution in [-0.2, 0) is 0 Å². The fourth-order valence-electron chi connectivity index (χ4n) is 2.23. The molecule has 0 spiro atoms. The van der Waals surface area contributed by atoms with Crippen LogP contribution in [0.1, 0.15) is 19.3 Å². The van der Waals surface area contributed by atoms with Crippen LogP contribution in [0.15, 0.2) is 12.2 Å². The summed E-state index contributed by atoms with van der Waals surface area (Å²) in [6, 6.07) is 0.265. The molecule has 2 aliphatic rings. The number of allylic oxidation sites excluding steroid dienone is 2. The molecule has 1 unspecified atom stereocenters. The molecule has 1 saturated heterocycles. The smallest absolute Gasteiger partial charge is 0.0829 e. The second kappa shape index (κ2) is 4.91. The van der Waals surface area contributed by atoms with Crippen LogP contribution in [0.3, 0.4) is 0 Å². The molecule has 3 N–H and O–H groups in total. The maximum atomic E-state index is 9.58. The lowest BCUT2D eigenvalue weighted by Gasteiger charge is -2.22. The van der Waals surface area contributed by atoms with E-state index in [4.69, 9.17) is 0 Å². The molecule has 0 saturated carbocycles. The first kappa shape index (κ1) is 10.1. The average Bonchev–Trinajstić information content (AvgIpc) is 2.63. The van der Waals surface area contributed by atoms with E-state index in [1.807, 2.05) is 0 Å². The SMILES string of the molecule is O[C@@H]1CNC[C@H]1NCC1CC=CCC1. The number of hydrogen-bond acceptors (Lipinski definition) is 3. The molecule has 3 nitrogen and oxygen atoms in total. The standard InChI is InChI=1S/C11H20N2O/c14-11-8-12-7-10(11)13-6-9-4-2-1-3-5-9/h1-2,9-14H,3-8H2/t9?,10-,11-/m1/s1. The van der Waals surface area contributed by atoms with Crippen LogP contribution in [0.25, 0.3) is 0 Å². The minimum atomic E-state index is -0.200. The van der Waals surface area contributed by atoms with Gasteiger partial charge in [0.1, 0.15) is 0 Å². The van der Waals surface area contributed by atoms with E-state index in [1.54, 1.807) is 0 Å². The van der Waals surface area contributed by atoms with Gasteiger partial charge in [0.05, 0.1) is 6.10 Å². The zero-order valence-corrected chi connectivity index (χ0v) is 8.58. The number of aliphatic hydroxyl groups is 1. The molecule has 80 valence electrons. The van der Waals surface area contributed by atoms with Gasteiger partial charge >= 0.3 is 0 Å². The lowest BCUT2D eigenvalue weighted by atomic mass is 9.94. The molecular weight excluding hydrogens is 176 g/mol. The number of aliphatic hydroxyl groups excluding tert-OH is 1. The third kappa shape index (κ3) is 2.56. The predicted molar refractivity (Wildman–Crippen MR) is 57.1 cm³/mol. The summed E-state index contributed by atoms with van der Waals surface area (Å²) in [7, 11) is 0. The van der Waals surface area contributed by atoms with E-state index in [-0.39, 0.29) is 12.1 Å². The van der Waals surface area contributed by atoms with Gasteiger partial charge in [-0.05, 0) is 31.7 Å². The Balaban J connectivity index is 1.68.